The number of aromatic carboxylic acids is 5. The van der Waals surface area contributed by atoms with Crippen molar-refractivity contribution in [1.29, 1.82) is 0 Å². The molecule has 0 aliphatic rings. The van der Waals surface area contributed by atoms with Crippen LogP contribution in [-0.2, 0) is 32.0 Å². The number of carboxylic acids is 9. The summed E-state index contributed by atoms with van der Waals surface area (Å²) >= 11 is 0. The first-order valence-electron chi connectivity index (χ1n) is 20.8. The third-order valence-corrected chi connectivity index (χ3v) is 10.1. The molecule has 0 bridgehead atoms. The van der Waals surface area contributed by atoms with Crippen LogP contribution in [0.3, 0.4) is 0 Å². The van der Waals surface area contributed by atoms with Crippen molar-refractivity contribution in [2.24, 2.45) is 39.8 Å². The standard InChI is InChI=1S/C28H32O16.C7H7NO2.C6H14N4O2.C2H5NO2.Li/c1-10(7-15(31)32)11(9-29)5-6-13-14(4-2-3-12(30)8-16(33)34)23(35)19-18(17(13)25(37)38)24(36)22(28(43)44)21(27(41)42)20(19)26(39)40;8-6-3-1-5(2-4-6)7(9)10;7-4(5(11)12)2-1-3-10-6(8)9;3-1-2(4)5;/h10-12,29-30,35-36H,2-9H2,1H3,(H,31,32)(H,33,34)(H,37,38)(H,39,40)(H,41,42)(H,43,44);1-4H,8H2,(H,9,10);4H,1-3,7H2,(H,11,12)(H4,8,9,10);1,3H2,(H,4,5);/q;;;;+1. The Balaban J connectivity index is 0. The summed E-state index contributed by atoms with van der Waals surface area (Å²) in [5.41, 5.74) is 20.5. The van der Waals surface area contributed by atoms with E-state index in [2.05, 4.69) is 10.7 Å². The van der Waals surface area contributed by atoms with Crippen molar-refractivity contribution in [3.05, 3.63) is 63.2 Å². The minimum Gasteiger partial charge on any atom is -0.507 e. The molecule has 4 atom stereocenters. The Morgan fingerprint density at radius 2 is 1.10 bits per heavy atom. The van der Waals surface area contributed by atoms with E-state index in [-0.39, 0.29) is 86.6 Å². The number of nitrogens with two attached hydrogens (primary N) is 5. The van der Waals surface area contributed by atoms with Gasteiger partial charge in [-0.25, -0.2) is 24.0 Å². The number of anilines is 1. The predicted molar refractivity (Wildman–Crippen MR) is 247 cm³/mol. The average Bonchev–Trinajstić information content (AvgIpc) is 3.25. The summed E-state index contributed by atoms with van der Waals surface area (Å²) in [5.74, 6) is -17.3. The number of phenols is 2. The normalized spacial score (nSPS) is 11.9. The second-order valence-electron chi connectivity index (χ2n) is 15.2. The number of nitrogen functional groups attached to an aromatic ring is 1. The Kier molecular flexibility index (Phi) is 29.7. The van der Waals surface area contributed by atoms with E-state index in [1.54, 1.807) is 12.1 Å². The van der Waals surface area contributed by atoms with Crippen LogP contribution in [0.25, 0.3) is 10.8 Å². The monoisotopic (exact) mass is 1020 g/mol. The molecule has 0 radical (unpaired) electrons. The fourth-order valence-corrected chi connectivity index (χ4v) is 6.64. The van der Waals surface area contributed by atoms with E-state index in [9.17, 15) is 84.0 Å². The van der Waals surface area contributed by atoms with E-state index in [4.69, 9.17) is 48.5 Å². The number of aliphatic hydroxyl groups excluding tert-OH is 2. The summed E-state index contributed by atoms with van der Waals surface area (Å²) < 4.78 is 0. The van der Waals surface area contributed by atoms with Crippen LogP contribution < -0.4 is 47.5 Å². The summed E-state index contributed by atoms with van der Waals surface area (Å²) in [6.07, 6.45) is -2.47. The number of carbonyl (C=O) groups is 9. The number of aliphatic carboxylic acids is 4. The molecule has 0 spiro atoms. The molecule has 0 aliphatic carbocycles. The summed E-state index contributed by atoms with van der Waals surface area (Å²) in [7, 11) is 0. The molecule has 0 saturated carbocycles. The number of fused-ring (bicyclic) bond motifs is 1. The van der Waals surface area contributed by atoms with Crippen LogP contribution in [0.15, 0.2) is 29.3 Å². The Morgan fingerprint density at radius 1 is 0.611 bits per heavy atom. The van der Waals surface area contributed by atoms with Crippen LogP contribution in [-0.4, -0.2) is 158 Å². The number of hydrogen-bond acceptors (Lipinski definition) is 17. The largest absolute Gasteiger partial charge is 1.00 e. The molecular formula is C43H58LiN6O22+. The van der Waals surface area contributed by atoms with Crippen LogP contribution >= 0.6 is 0 Å². The smallest absolute Gasteiger partial charge is 0.507 e. The number of hydrogen-bond donors (Lipinski definition) is 18. The van der Waals surface area contributed by atoms with Gasteiger partial charge in [0.1, 0.15) is 23.1 Å². The van der Waals surface area contributed by atoms with Crippen molar-refractivity contribution in [1.82, 2.24) is 0 Å². The van der Waals surface area contributed by atoms with Crippen molar-refractivity contribution in [3.8, 4) is 11.5 Å². The van der Waals surface area contributed by atoms with E-state index >= 15 is 0 Å². The van der Waals surface area contributed by atoms with E-state index in [0.29, 0.717) is 25.1 Å². The third kappa shape index (κ3) is 21.5. The number of phenolic OH excluding ortho intramolecular Hbond substituents is 1. The van der Waals surface area contributed by atoms with Crippen molar-refractivity contribution >= 4 is 76.1 Å². The molecular weight excluding hydrogens is 959 g/mol. The van der Waals surface area contributed by atoms with E-state index < -0.39 is 135 Å². The quantitative estimate of drug-likeness (QED) is 0.0143. The summed E-state index contributed by atoms with van der Waals surface area (Å²) in [5, 5.41) is 122. The maximum Gasteiger partial charge on any atom is 1.00 e. The van der Waals surface area contributed by atoms with E-state index in [0.717, 1.165) is 0 Å². The van der Waals surface area contributed by atoms with Gasteiger partial charge in [0.05, 0.1) is 41.3 Å². The fraction of sp³-hybridized carbons (Fsp3) is 0.395. The summed E-state index contributed by atoms with van der Waals surface area (Å²) in [6, 6.07) is 5.24. The number of carboxylic acid groups (broad SMARTS) is 9. The summed E-state index contributed by atoms with van der Waals surface area (Å²) in [4.78, 5) is 105. The van der Waals surface area contributed by atoms with E-state index in [1.807, 2.05) is 0 Å². The third-order valence-electron chi connectivity index (χ3n) is 10.1. The number of aromatic hydroxyl groups is 2. The molecule has 0 aliphatic heterocycles. The minimum atomic E-state index is -2.12. The van der Waals surface area contributed by atoms with Crippen LogP contribution in [0.2, 0.25) is 0 Å². The first-order valence-corrected chi connectivity index (χ1v) is 20.8. The van der Waals surface area contributed by atoms with Crippen molar-refractivity contribution in [3.63, 3.8) is 0 Å². The van der Waals surface area contributed by atoms with Crippen LogP contribution in [0.1, 0.15) is 115 Å². The van der Waals surface area contributed by atoms with Gasteiger partial charge >= 0.3 is 72.6 Å². The van der Waals surface area contributed by atoms with Gasteiger partial charge in [-0.15, -0.1) is 0 Å². The molecule has 72 heavy (non-hydrogen) atoms. The molecule has 392 valence electrons. The van der Waals surface area contributed by atoms with Gasteiger partial charge in [-0.2, -0.15) is 0 Å². The summed E-state index contributed by atoms with van der Waals surface area (Å²) in [6.45, 7) is 1.13. The van der Waals surface area contributed by atoms with Gasteiger partial charge in [-0.05, 0) is 92.2 Å². The minimum absolute atomic E-state index is 0. The Morgan fingerprint density at radius 3 is 1.50 bits per heavy atom. The molecule has 23 N–H and O–H groups in total. The zero-order valence-electron chi connectivity index (χ0n) is 38.9. The molecule has 0 fully saturated rings. The molecule has 0 amide bonds. The number of aliphatic hydroxyl groups is 2. The molecule has 0 heterocycles. The molecule has 4 unspecified atom stereocenters. The fourth-order valence-electron chi connectivity index (χ4n) is 6.64. The molecule has 29 heteroatoms. The SMILES string of the molecule is CC(CC(=O)O)C(CO)CCc1c(CCCC(O)CC(=O)O)c(O)c2c(C(=O)O)c(C(=O)O)c(C(=O)O)c(O)c2c1C(=O)O.NC(N)=NCCCC(N)C(=O)O.NCC(=O)O.Nc1ccc(C(=O)O)cc1.[Li+]. The van der Waals surface area contributed by atoms with Gasteiger partial charge in [0.25, 0.3) is 0 Å². The van der Waals surface area contributed by atoms with Gasteiger partial charge < -0.3 is 95.1 Å². The number of nitrogens with zero attached hydrogens (tertiary/aromatic N) is 1. The molecule has 0 saturated heterocycles. The number of rotatable bonds is 24. The van der Waals surface area contributed by atoms with Crippen molar-refractivity contribution in [2.75, 3.05) is 25.4 Å². The van der Waals surface area contributed by atoms with Crippen LogP contribution in [0.5, 0.6) is 11.5 Å². The first-order chi connectivity index (χ1) is 33.0. The number of aliphatic imine (C=N–C) groups is 1. The zero-order valence-corrected chi connectivity index (χ0v) is 38.9. The maximum atomic E-state index is 12.7. The van der Waals surface area contributed by atoms with E-state index in [1.165, 1.54) is 19.1 Å². The van der Waals surface area contributed by atoms with Gasteiger partial charge in [0.15, 0.2) is 5.96 Å². The van der Waals surface area contributed by atoms with Crippen molar-refractivity contribution < 1.29 is 128 Å². The Labute approximate surface area is 420 Å². The molecule has 28 nitrogen and oxygen atoms in total. The molecule has 3 aromatic rings. The second kappa shape index (κ2) is 32.2. The van der Waals surface area contributed by atoms with Crippen LogP contribution in [0, 0.1) is 11.8 Å². The van der Waals surface area contributed by atoms with Gasteiger partial charge in [-0.3, -0.25) is 24.2 Å². The van der Waals surface area contributed by atoms with Gasteiger partial charge in [-0.1, -0.05) is 6.92 Å². The molecule has 3 aromatic carbocycles. The number of benzene rings is 3. The number of guanidine groups is 1. The molecule has 0 aromatic heterocycles. The van der Waals surface area contributed by atoms with Crippen molar-refractivity contribution in [2.45, 2.75) is 76.9 Å². The predicted octanol–water partition coefficient (Wildman–Crippen LogP) is -2.69. The topological polar surface area (TPSA) is 559 Å². The average molecular weight is 1020 g/mol. The first kappa shape index (κ1) is 66.3. The second-order valence-corrected chi connectivity index (χ2v) is 15.2. The van der Waals surface area contributed by atoms with Gasteiger partial charge in [0.2, 0.25) is 0 Å². The Bertz CT molecular complexity index is 2450. The van der Waals surface area contributed by atoms with Gasteiger partial charge in [0, 0.05) is 36.0 Å². The molecule has 3 rings (SSSR count). The zero-order chi connectivity index (χ0) is 55.0. The maximum absolute atomic E-state index is 12.7. The Hall–Kier alpha value is -7.74. The van der Waals surface area contributed by atoms with Crippen LogP contribution in [0.4, 0.5) is 5.69 Å².